The predicted molar refractivity (Wildman–Crippen MR) is 105 cm³/mol. The summed E-state index contributed by atoms with van der Waals surface area (Å²) in [5, 5.41) is 12.6. The van der Waals surface area contributed by atoms with Crippen LogP contribution in [0, 0.1) is 6.92 Å². The highest BCUT2D eigenvalue weighted by molar-refractivity contribution is 6.00. The van der Waals surface area contributed by atoms with Crippen LogP contribution in [0.25, 0.3) is 11.4 Å². The second-order valence-corrected chi connectivity index (χ2v) is 7.05. The van der Waals surface area contributed by atoms with Crippen molar-refractivity contribution >= 4 is 17.4 Å². The summed E-state index contributed by atoms with van der Waals surface area (Å²) < 4.78 is 0. The van der Waals surface area contributed by atoms with E-state index in [-0.39, 0.29) is 11.7 Å². The number of benzene rings is 2. The van der Waals surface area contributed by atoms with Crippen LogP contribution in [0.2, 0.25) is 0 Å². The van der Waals surface area contributed by atoms with Gasteiger partial charge in [0.2, 0.25) is 11.7 Å². The van der Waals surface area contributed by atoms with Gasteiger partial charge in [-0.15, -0.1) is 10.2 Å². The molecule has 142 valence electrons. The summed E-state index contributed by atoms with van der Waals surface area (Å²) in [6.07, 6.45) is 0.753. The zero-order valence-electron chi connectivity index (χ0n) is 16.1. The maximum absolute atomic E-state index is 13.0. The largest absolute Gasteiger partial charge is 0.312 e. The number of carbonyl (C=O) groups is 2. The lowest BCUT2D eigenvalue weighted by molar-refractivity contribution is -0.116. The number of Topliss-reactive ketones (excluding diaryl/α,β-unsaturated/α-hetero) is 1. The Bertz CT molecular complexity index is 1070. The van der Waals surface area contributed by atoms with Crippen molar-refractivity contribution < 1.29 is 9.59 Å². The molecule has 0 saturated heterocycles. The molecule has 1 amide bonds. The Hall–Kier alpha value is -3.35. The zero-order chi connectivity index (χ0) is 19.8. The second-order valence-electron chi connectivity index (χ2n) is 7.05. The maximum Gasteiger partial charge on any atom is 0.223 e. The third-order valence-corrected chi connectivity index (χ3v) is 5.18. The number of rotatable bonds is 4. The van der Waals surface area contributed by atoms with Crippen molar-refractivity contribution in [1.29, 1.82) is 0 Å². The number of fused-ring (bicyclic) bond motifs is 1. The minimum absolute atomic E-state index is 0.0155. The van der Waals surface area contributed by atoms with Crippen LogP contribution in [-0.2, 0) is 11.2 Å². The number of nitrogens with zero attached hydrogens (tertiary/aromatic N) is 5. The highest BCUT2D eigenvalue weighted by atomic mass is 16.2. The Morgan fingerprint density at radius 1 is 1.14 bits per heavy atom. The number of anilines is 1. The molecule has 0 bridgehead atoms. The van der Waals surface area contributed by atoms with E-state index < -0.39 is 6.04 Å². The Labute approximate surface area is 163 Å². The van der Waals surface area contributed by atoms with E-state index in [0.29, 0.717) is 17.9 Å². The van der Waals surface area contributed by atoms with Gasteiger partial charge in [-0.25, -0.2) is 0 Å². The van der Waals surface area contributed by atoms with E-state index in [4.69, 9.17) is 0 Å². The van der Waals surface area contributed by atoms with Crippen LogP contribution >= 0.6 is 0 Å². The van der Waals surface area contributed by atoms with E-state index in [9.17, 15) is 9.59 Å². The van der Waals surface area contributed by atoms with Gasteiger partial charge < -0.3 is 4.90 Å². The van der Waals surface area contributed by atoms with E-state index >= 15 is 0 Å². The molecule has 0 radical (unpaired) electrons. The fourth-order valence-electron chi connectivity index (χ4n) is 3.55. The van der Waals surface area contributed by atoms with Gasteiger partial charge in [0.25, 0.3) is 0 Å². The molecule has 1 atom stereocenters. The Kier molecular flexibility index (Phi) is 4.50. The highest BCUT2D eigenvalue weighted by Crippen LogP contribution is 2.30. The van der Waals surface area contributed by atoms with Crippen molar-refractivity contribution in [3.8, 4) is 11.4 Å². The van der Waals surface area contributed by atoms with Crippen molar-refractivity contribution in [3.63, 3.8) is 0 Å². The Balaban J connectivity index is 1.58. The summed E-state index contributed by atoms with van der Waals surface area (Å²) in [4.78, 5) is 27.8. The summed E-state index contributed by atoms with van der Waals surface area (Å²) >= 11 is 0. The third kappa shape index (κ3) is 3.09. The van der Waals surface area contributed by atoms with Crippen LogP contribution in [0.5, 0.6) is 0 Å². The van der Waals surface area contributed by atoms with Gasteiger partial charge in [-0.3, -0.25) is 9.59 Å². The smallest absolute Gasteiger partial charge is 0.223 e. The number of aryl methyl sites for hydroxylation is 1. The number of amides is 1. The number of ketones is 1. The lowest BCUT2D eigenvalue weighted by Gasteiger charge is -2.15. The molecule has 7 heteroatoms. The van der Waals surface area contributed by atoms with Crippen LogP contribution in [0.15, 0.2) is 42.5 Å². The van der Waals surface area contributed by atoms with Crippen molar-refractivity contribution in [2.45, 2.75) is 33.2 Å². The van der Waals surface area contributed by atoms with Crippen LogP contribution in [0.1, 0.15) is 41.4 Å². The van der Waals surface area contributed by atoms with Crippen molar-refractivity contribution in [2.24, 2.45) is 0 Å². The fraction of sp³-hybridized carbons (Fsp3) is 0.286. The number of tetrazole rings is 1. The minimum Gasteiger partial charge on any atom is -0.312 e. The van der Waals surface area contributed by atoms with Gasteiger partial charge in [-0.05, 0) is 54.8 Å². The normalized spacial score (nSPS) is 14.0. The third-order valence-electron chi connectivity index (χ3n) is 5.18. The molecule has 4 rings (SSSR count). The molecule has 28 heavy (non-hydrogen) atoms. The van der Waals surface area contributed by atoms with E-state index in [2.05, 4.69) is 15.4 Å². The van der Waals surface area contributed by atoms with E-state index in [0.717, 1.165) is 28.8 Å². The lowest BCUT2D eigenvalue weighted by atomic mass is 10.0. The first-order valence-corrected chi connectivity index (χ1v) is 9.26. The first-order chi connectivity index (χ1) is 13.5. The summed E-state index contributed by atoms with van der Waals surface area (Å²) in [5.74, 6) is 0.434. The molecule has 1 aliphatic rings. The maximum atomic E-state index is 13.0. The number of hydrogen-bond acceptors (Lipinski definition) is 5. The van der Waals surface area contributed by atoms with Crippen LogP contribution in [0.3, 0.4) is 0 Å². The molecule has 7 nitrogen and oxygen atoms in total. The van der Waals surface area contributed by atoms with Gasteiger partial charge in [0.05, 0.1) is 0 Å². The van der Waals surface area contributed by atoms with Gasteiger partial charge in [0.1, 0.15) is 6.04 Å². The van der Waals surface area contributed by atoms with E-state index in [1.165, 1.54) is 4.80 Å². The lowest BCUT2D eigenvalue weighted by Crippen LogP contribution is -2.25. The molecule has 1 aliphatic heterocycles. The van der Waals surface area contributed by atoms with Crippen molar-refractivity contribution in [1.82, 2.24) is 20.2 Å². The SMILES string of the molecule is CC(=O)N1CCc2cc(C(=O)[C@H](C)n3nnc(-c4ccccc4C)n3)ccc21. The highest BCUT2D eigenvalue weighted by Gasteiger charge is 2.26. The van der Waals surface area contributed by atoms with Crippen molar-refractivity contribution in [3.05, 3.63) is 59.2 Å². The molecule has 0 fully saturated rings. The second kappa shape index (κ2) is 6.99. The van der Waals surface area contributed by atoms with Crippen molar-refractivity contribution in [2.75, 3.05) is 11.4 Å². The predicted octanol–water partition coefficient (Wildman–Crippen LogP) is 3.00. The average molecular weight is 375 g/mol. The molecule has 3 aromatic rings. The molecule has 0 N–H and O–H groups in total. The Morgan fingerprint density at radius 2 is 1.93 bits per heavy atom. The van der Waals surface area contributed by atoms with Crippen LogP contribution in [-0.4, -0.2) is 38.4 Å². The number of aromatic nitrogens is 4. The van der Waals surface area contributed by atoms with Crippen LogP contribution in [0.4, 0.5) is 5.69 Å². The van der Waals surface area contributed by atoms with Gasteiger partial charge in [0, 0.05) is 30.3 Å². The number of hydrogen-bond donors (Lipinski definition) is 0. The zero-order valence-corrected chi connectivity index (χ0v) is 16.1. The first-order valence-electron chi connectivity index (χ1n) is 9.26. The van der Waals surface area contributed by atoms with Crippen LogP contribution < -0.4 is 4.90 Å². The molecule has 2 aromatic carbocycles. The summed E-state index contributed by atoms with van der Waals surface area (Å²) in [7, 11) is 0. The van der Waals surface area contributed by atoms with Gasteiger partial charge in [-0.2, -0.15) is 4.80 Å². The molecule has 0 saturated carbocycles. The molecule has 2 heterocycles. The fourth-order valence-corrected chi connectivity index (χ4v) is 3.55. The quantitative estimate of drug-likeness (QED) is 0.655. The monoisotopic (exact) mass is 375 g/mol. The first kappa shape index (κ1) is 18.0. The molecule has 1 aromatic heterocycles. The minimum atomic E-state index is -0.575. The summed E-state index contributed by atoms with van der Waals surface area (Å²) in [6, 6.07) is 12.7. The molecular formula is C21H21N5O2. The van der Waals surface area contributed by atoms with E-state index in [1.54, 1.807) is 24.8 Å². The Morgan fingerprint density at radius 3 is 2.68 bits per heavy atom. The average Bonchev–Trinajstić information content (AvgIpc) is 3.34. The number of carbonyl (C=O) groups excluding carboxylic acids is 2. The summed E-state index contributed by atoms with van der Waals surface area (Å²) in [5.41, 5.74) is 4.44. The molecular weight excluding hydrogens is 354 g/mol. The molecule has 0 aliphatic carbocycles. The molecule has 0 spiro atoms. The van der Waals surface area contributed by atoms with Gasteiger partial charge >= 0.3 is 0 Å². The topological polar surface area (TPSA) is 81.0 Å². The molecule has 0 unspecified atom stereocenters. The van der Waals surface area contributed by atoms with Gasteiger partial charge in [0.15, 0.2) is 5.78 Å². The summed E-state index contributed by atoms with van der Waals surface area (Å²) in [6.45, 7) is 5.96. The standard InChI is InChI=1S/C21H21N5O2/c1-13-6-4-5-7-18(13)21-22-24-26(23-21)14(2)20(28)17-8-9-19-16(12-17)10-11-25(19)15(3)27/h4-9,12,14H,10-11H2,1-3H3/t14-/m0/s1. The van der Waals surface area contributed by atoms with Gasteiger partial charge in [-0.1, -0.05) is 24.3 Å². The van der Waals surface area contributed by atoms with E-state index in [1.807, 2.05) is 43.3 Å².